The van der Waals surface area contributed by atoms with Crippen LogP contribution in [0, 0.1) is 0 Å². The molecule has 1 rings (SSSR count). The van der Waals surface area contributed by atoms with Gasteiger partial charge in [0.25, 0.3) is 0 Å². The molecule has 0 unspecified atom stereocenters. The number of rotatable bonds is 4. The fourth-order valence-corrected chi connectivity index (χ4v) is 0.545. The van der Waals surface area contributed by atoms with E-state index in [1.165, 1.54) is 0 Å². The van der Waals surface area contributed by atoms with E-state index in [9.17, 15) is 4.79 Å². The maximum Gasteiger partial charge on any atom is 0.221 e. The molecule has 0 radical (unpaired) electrons. The van der Waals surface area contributed by atoms with Gasteiger partial charge in [-0.3, -0.25) is 20.0 Å². The second-order valence-electron chi connectivity index (χ2n) is 2.61. The molecule has 0 fully saturated rings. The molecule has 1 heterocycles. The van der Waals surface area contributed by atoms with Gasteiger partial charge in [0.05, 0.1) is 6.54 Å². The van der Waals surface area contributed by atoms with Crippen LogP contribution < -0.4 is 17.0 Å². The van der Waals surface area contributed by atoms with Gasteiger partial charge in [0, 0.05) is 19.7 Å². The number of primary amides is 1. The van der Waals surface area contributed by atoms with Gasteiger partial charge in [0.1, 0.15) is 12.4 Å². The lowest BCUT2D eigenvalue weighted by Crippen LogP contribution is -2.18. The third kappa shape index (κ3) is 16.8. The number of amidine groups is 1. The van der Waals surface area contributed by atoms with Crippen molar-refractivity contribution in [3.63, 3.8) is 0 Å². The minimum atomic E-state index is -0.245. The van der Waals surface area contributed by atoms with Gasteiger partial charge in [-0.1, -0.05) is 6.92 Å². The lowest BCUT2D eigenvalue weighted by atomic mass is 10.5. The van der Waals surface area contributed by atoms with Crippen LogP contribution in [0.4, 0.5) is 0 Å². The summed E-state index contributed by atoms with van der Waals surface area (Å²) in [6, 6.07) is 0. The quantitative estimate of drug-likeness (QED) is 0.243. The Morgan fingerprint density at radius 3 is 2.47 bits per heavy atom. The lowest BCUT2D eigenvalue weighted by molar-refractivity contribution is -0.117. The number of amides is 2. The number of nitrogens with zero attached hydrogens (tertiary/aromatic N) is 2. The number of ether oxygens (including phenoxy) is 1. The van der Waals surface area contributed by atoms with Gasteiger partial charge in [-0.2, -0.15) is 0 Å². The molecule has 1 aliphatic rings. The second kappa shape index (κ2) is 14.2. The molecule has 8 nitrogen and oxygen atoms in total. The highest BCUT2D eigenvalue weighted by atomic mass is 16.5. The van der Waals surface area contributed by atoms with Gasteiger partial charge >= 0.3 is 0 Å². The van der Waals surface area contributed by atoms with Crippen LogP contribution in [0.5, 0.6) is 0 Å². The van der Waals surface area contributed by atoms with Gasteiger partial charge < -0.3 is 10.5 Å². The standard InChI is InChI=1S/C5H8N2O.C3H7NO.CH4N2O/c1-8-4-5-6-2-3-7-5;1-2-3(4)5;2-3-1-4/h2H,3-4H2,1H3;2H2,1H3,(H2,4,5);1H,2H2,(H,3,4). The van der Waals surface area contributed by atoms with Crippen LogP contribution in [0.25, 0.3) is 0 Å². The molecular weight excluding hydrogens is 226 g/mol. The Labute approximate surface area is 100 Å². The molecule has 17 heavy (non-hydrogen) atoms. The van der Waals surface area contributed by atoms with Gasteiger partial charge in [0.15, 0.2) is 0 Å². The molecule has 8 heteroatoms. The minimum Gasteiger partial charge on any atom is -0.377 e. The zero-order valence-corrected chi connectivity index (χ0v) is 10.0. The van der Waals surface area contributed by atoms with Crippen molar-refractivity contribution in [2.45, 2.75) is 13.3 Å². The SMILES string of the molecule is CCC(N)=O.COCC1=NCC=N1.NNC=O. The smallest absolute Gasteiger partial charge is 0.221 e. The van der Waals surface area contributed by atoms with E-state index < -0.39 is 0 Å². The van der Waals surface area contributed by atoms with E-state index in [2.05, 4.69) is 21.6 Å². The molecule has 0 saturated heterocycles. The highest BCUT2D eigenvalue weighted by Gasteiger charge is 1.96. The van der Waals surface area contributed by atoms with Crippen molar-refractivity contribution in [2.24, 2.45) is 21.6 Å². The maximum absolute atomic E-state index is 9.59. The van der Waals surface area contributed by atoms with Crippen LogP contribution in [0.3, 0.4) is 0 Å². The monoisotopic (exact) mass is 245 g/mol. The van der Waals surface area contributed by atoms with Crippen molar-refractivity contribution in [3.05, 3.63) is 0 Å². The van der Waals surface area contributed by atoms with E-state index in [-0.39, 0.29) is 5.91 Å². The first-order valence-electron chi connectivity index (χ1n) is 4.85. The van der Waals surface area contributed by atoms with Gasteiger partial charge in [-0.25, -0.2) is 10.8 Å². The molecule has 0 saturated carbocycles. The first-order chi connectivity index (χ1) is 8.12. The predicted molar refractivity (Wildman–Crippen MR) is 65.5 cm³/mol. The van der Waals surface area contributed by atoms with Gasteiger partial charge in [-0.05, 0) is 0 Å². The fourth-order valence-electron chi connectivity index (χ4n) is 0.545. The summed E-state index contributed by atoms with van der Waals surface area (Å²) in [7, 11) is 1.64. The summed E-state index contributed by atoms with van der Waals surface area (Å²) >= 11 is 0. The van der Waals surface area contributed by atoms with Gasteiger partial charge in [-0.15, -0.1) is 0 Å². The number of carbonyl (C=O) groups is 2. The molecule has 0 spiro atoms. The lowest BCUT2D eigenvalue weighted by Gasteiger charge is -1.90. The fraction of sp³-hybridized carbons (Fsp3) is 0.556. The zero-order valence-electron chi connectivity index (χ0n) is 10.0. The average molecular weight is 245 g/mol. The summed E-state index contributed by atoms with van der Waals surface area (Å²) in [5, 5.41) is 0. The average Bonchev–Trinajstić information content (AvgIpc) is 2.83. The summed E-state index contributed by atoms with van der Waals surface area (Å²) in [4.78, 5) is 26.4. The van der Waals surface area contributed by atoms with Crippen molar-refractivity contribution >= 4 is 24.4 Å². The largest absolute Gasteiger partial charge is 0.377 e. The van der Waals surface area contributed by atoms with Crippen LogP contribution in [0.1, 0.15) is 13.3 Å². The Bertz CT molecular complexity index is 265. The molecular formula is C9H19N5O3. The summed E-state index contributed by atoms with van der Waals surface area (Å²) in [5.74, 6) is 4.96. The number of aliphatic imine (C=N–C) groups is 2. The van der Waals surface area contributed by atoms with Crippen LogP contribution >= 0.6 is 0 Å². The Balaban J connectivity index is 0. The van der Waals surface area contributed by atoms with E-state index in [4.69, 9.17) is 9.53 Å². The molecule has 2 amide bonds. The maximum atomic E-state index is 9.59. The van der Waals surface area contributed by atoms with E-state index in [1.807, 2.05) is 0 Å². The first-order valence-corrected chi connectivity index (χ1v) is 4.85. The van der Waals surface area contributed by atoms with Crippen molar-refractivity contribution in [2.75, 3.05) is 20.3 Å². The molecule has 5 N–H and O–H groups in total. The third-order valence-electron chi connectivity index (χ3n) is 1.29. The molecule has 0 bridgehead atoms. The van der Waals surface area contributed by atoms with Crippen LogP contribution in [-0.4, -0.2) is 44.6 Å². The highest BCUT2D eigenvalue weighted by Crippen LogP contribution is 1.87. The Morgan fingerprint density at radius 1 is 1.71 bits per heavy atom. The third-order valence-corrected chi connectivity index (χ3v) is 1.29. The van der Waals surface area contributed by atoms with E-state index in [1.54, 1.807) is 25.7 Å². The number of nitrogens with two attached hydrogens (primary N) is 2. The number of hydrogen-bond acceptors (Lipinski definition) is 6. The summed E-state index contributed by atoms with van der Waals surface area (Å²) in [6.07, 6.45) is 2.62. The van der Waals surface area contributed by atoms with E-state index >= 15 is 0 Å². The summed E-state index contributed by atoms with van der Waals surface area (Å²) in [5.41, 5.74) is 6.40. The van der Waals surface area contributed by atoms with E-state index in [0.29, 0.717) is 19.4 Å². The zero-order chi connectivity index (χ0) is 13.5. The van der Waals surface area contributed by atoms with Crippen LogP contribution in [0.2, 0.25) is 0 Å². The number of nitrogens with one attached hydrogen (secondary N) is 1. The second-order valence-corrected chi connectivity index (χ2v) is 2.61. The van der Waals surface area contributed by atoms with Crippen molar-refractivity contribution in [3.8, 4) is 0 Å². The molecule has 0 atom stereocenters. The van der Waals surface area contributed by atoms with E-state index in [0.717, 1.165) is 12.4 Å². The Hall–Kier alpha value is -1.80. The molecule has 1 aliphatic heterocycles. The topological polar surface area (TPSA) is 132 Å². The molecule has 0 aliphatic carbocycles. The number of methoxy groups -OCH3 is 1. The van der Waals surface area contributed by atoms with Crippen molar-refractivity contribution in [1.82, 2.24) is 5.43 Å². The van der Waals surface area contributed by atoms with Crippen molar-refractivity contribution < 1.29 is 14.3 Å². The molecule has 0 aromatic rings. The summed E-state index contributed by atoms with van der Waals surface area (Å²) < 4.78 is 4.78. The molecule has 0 aromatic heterocycles. The minimum absolute atomic E-state index is 0.245. The number of hydrogen-bond donors (Lipinski definition) is 3. The highest BCUT2D eigenvalue weighted by molar-refractivity contribution is 5.95. The predicted octanol–water partition coefficient (Wildman–Crippen LogP) is -1.40. The van der Waals surface area contributed by atoms with Crippen LogP contribution in [0.15, 0.2) is 9.98 Å². The van der Waals surface area contributed by atoms with Gasteiger partial charge in [0.2, 0.25) is 12.3 Å². The molecule has 98 valence electrons. The number of carbonyl (C=O) groups excluding carboxylic acids is 2. The number of hydrazine groups is 1. The van der Waals surface area contributed by atoms with Crippen LogP contribution in [-0.2, 0) is 14.3 Å². The molecule has 0 aromatic carbocycles. The Morgan fingerprint density at radius 2 is 2.24 bits per heavy atom. The van der Waals surface area contributed by atoms with Crippen molar-refractivity contribution in [1.29, 1.82) is 0 Å². The Kier molecular flexibility index (Phi) is 14.7. The normalized spacial score (nSPS) is 11.4. The summed E-state index contributed by atoms with van der Waals surface area (Å²) in [6.45, 7) is 2.98. The first kappa shape index (κ1) is 17.6.